The number of halogens is 2. The molecule has 0 bridgehead atoms. The maximum atomic E-state index is 13.7. The first-order valence-corrected chi connectivity index (χ1v) is 5.88. The summed E-state index contributed by atoms with van der Waals surface area (Å²) in [6, 6.07) is 5.97. The van der Waals surface area contributed by atoms with Crippen molar-refractivity contribution in [3.63, 3.8) is 0 Å². The molecule has 0 saturated heterocycles. The highest BCUT2D eigenvalue weighted by molar-refractivity contribution is 6.31. The lowest BCUT2D eigenvalue weighted by atomic mass is 10.2. The van der Waals surface area contributed by atoms with Gasteiger partial charge < -0.3 is 10.6 Å². The molecule has 0 spiro atoms. The van der Waals surface area contributed by atoms with Crippen molar-refractivity contribution < 1.29 is 9.18 Å². The molecule has 2 N–H and O–H groups in total. The summed E-state index contributed by atoms with van der Waals surface area (Å²) < 4.78 is 13.7. The second-order valence-electron chi connectivity index (χ2n) is 3.73. The van der Waals surface area contributed by atoms with E-state index in [2.05, 4.69) is 15.6 Å². The quantitative estimate of drug-likeness (QED) is 0.907. The second kappa shape index (κ2) is 5.67. The number of pyridine rings is 1. The lowest BCUT2D eigenvalue weighted by molar-refractivity contribution is 0.102. The molecule has 4 nitrogen and oxygen atoms in total. The summed E-state index contributed by atoms with van der Waals surface area (Å²) in [7, 11) is 1.67. The Morgan fingerprint density at radius 3 is 2.84 bits per heavy atom. The molecule has 1 heterocycles. The van der Waals surface area contributed by atoms with Gasteiger partial charge in [-0.2, -0.15) is 0 Å². The van der Waals surface area contributed by atoms with Crippen LogP contribution in [0, 0.1) is 5.82 Å². The molecule has 2 rings (SSSR count). The summed E-state index contributed by atoms with van der Waals surface area (Å²) >= 11 is 5.65. The van der Waals surface area contributed by atoms with E-state index in [0.717, 1.165) is 0 Å². The van der Waals surface area contributed by atoms with E-state index < -0.39 is 11.7 Å². The zero-order valence-electron chi connectivity index (χ0n) is 10.1. The number of carbonyl (C=O) groups is 1. The lowest BCUT2D eigenvalue weighted by Gasteiger charge is -2.10. The van der Waals surface area contributed by atoms with Gasteiger partial charge in [0.15, 0.2) is 5.82 Å². The zero-order valence-corrected chi connectivity index (χ0v) is 10.8. The first kappa shape index (κ1) is 13.3. The molecule has 2 aromatic rings. The topological polar surface area (TPSA) is 54.0 Å². The van der Waals surface area contributed by atoms with E-state index in [1.165, 1.54) is 24.5 Å². The number of amides is 1. The smallest absolute Gasteiger partial charge is 0.257 e. The number of nitrogens with zero attached hydrogens (tertiary/aromatic N) is 1. The first-order chi connectivity index (χ1) is 9.13. The van der Waals surface area contributed by atoms with Crippen molar-refractivity contribution in [3.8, 4) is 0 Å². The zero-order chi connectivity index (χ0) is 13.8. The van der Waals surface area contributed by atoms with E-state index in [4.69, 9.17) is 11.6 Å². The molecule has 0 aliphatic carbocycles. The van der Waals surface area contributed by atoms with Crippen LogP contribution in [0.4, 0.5) is 15.8 Å². The number of rotatable bonds is 3. The third kappa shape index (κ3) is 2.82. The Morgan fingerprint density at radius 1 is 1.32 bits per heavy atom. The van der Waals surface area contributed by atoms with Crippen LogP contribution in [-0.4, -0.2) is 17.9 Å². The predicted molar refractivity (Wildman–Crippen MR) is 73.1 cm³/mol. The number of hydrogen-bond acceptors (Lipinski definition) is 3. The minimum atomic E-state index is -0.655. The van der Waals surface area contributed by atoms with Gasteiger partial charge in [-0.15, -0.1) is 0 Å². The Morgan fingerprint density at radius 2 is 2.11 bits per heavy atom. The van der Waals surface area contributed by atoms with Crippen molar-refractivity contribution in [2.24, 2.45) is 0 Å². The molecule has 0 atom stereocenters. The monoisotopic (exact) mass is 279 g/mol. The van der Waals surface area contributed by atoms with Crippen LogP contribution in [-0.2, 0) is 0 Å². The summed E-state index contributed by atoms with van der Waals surface area (Å²) in [5, 5.41) is 5.28. The van der Waals surface area contributed by atoms with Crippen LogP contribution in [0.5, 0.6) is 0 Å². The maximum absolute atomic E-state index is 13.7. The standard InChI is InChI=1S/C13H11ClFN3O/c1-16-11-7-17-6-5-8(11)13(19)18-10-4-2-3-9(14)12(10)15/h2-7,16H,1H3,(H,18,19). The largest absolute Gasteiger partial charge is 0.386 e. The van der Waals surface area contributed by atoms with Gasteiger partial charge in [0.25, 0.3) is 5.91 Å². The van der Waals surface area contributed by atoms with Gasteiger partial charge in [-0.05, 0) is 18.2 Å². The Kier molecular flexibility index (Phi) is 3.97. The van der Waals surface area contributed by atoms with E-state index in [1.807, 2.05) is 0 Å². The molecule has 0 radical (unpaired) electrons. The molecular weight excluding hydrogens is 269 g/mol. The lowest BCUT2D eigenvalue weighted by Crippen LogP contribution is -2.15. The van der Waals surface area contributed by atoms with Gasteiger partial charge in [-0.1, -0.05) is 17.7 Å². The summed E-state index contributed by atoms with van der Waals surface area (Å²) in [5.41, 5.74) is 0.968. The third-order valence-corrected chi connectivity index (χ3v) is 2.83. The fourth-order valence-electron chi connectivity index (χ4n) is 1.58. The van der Waals surface area contributed by atoms with Crippen LogP contribution in [0.2, 0.25) is 5.02 Å². The Bertz CT molecular complexity index is 619. The molecule has 0 fully saturated rings. The van der Waals surface area contributed by atoms with Gasteiger partial charge in [-0.3, -0.25) is 9.78 Å². The van der Waals surface area contributed by atoms with Gasteiger partial charge in [0, 0.05) is 13.2 Å². The van der Waals surface area contributed by atoms with Gasteiger partial charge >= 0.3 is 0 Å². The highest BCUT2D eigenvalue weighted by Gasteiger charge is 2.14. The molecule has 0 saturated carbocycles. The summed E-state index contributed by atoms with van der Waals surface area (Å²) in [6.45, 7) is 0. The summed E-state index contributed by atoms with van der Waals surface area (Å²) in [6.07, 6.45) is 3.01. The SMILES string of the molecule is CNc1cnccc1C(=O)Nc1cccc(Cl)c1F. The van der Waals surface area contributed by atoms with Gasteiger partial charge in [-0.25, -0.2) is 4.39 Å². The van der Waals surface area contributed by atoms with E-state index >= 15 is 0 Å². The number of anilines is 2. The molecule has 19 heavy (non-hydrogen) atoms. The number of hydrogen-bond donors (Lipinski definition) is 2. The van der Waals surface area contributed by atoms with E-state index in [0.29, 0.717) is 11.3 Å². The molecule has 0 aliphatic heterocycles. The van der Waals surface area contributed by atoms with Crippen LogP contribution in [0.15, 0.2) is 36.7 Å². The van der Waals surface area contributed by atoms with E-state index in [1.54, 1.807) is 19.2 Å². The fraction of sp³-hybridized carbons (Fsp3) is 0.0769. The van der Waals surface area contributed by atoms with Gasteiger partial charge in [0.1, 0.15) is 0 Å². The fourth-order valence-corrected chi connectivity index (χ4v) is 1.76. The van der Waals surface area contributed by atoms with E-state index in [9.17, 15) is 9.18 Å². The van der Waals surface area contributed by atoms with Crippen LogP contribution < -0.4 is 10.6 Å². The average molecular weight is 280 g/mol. The van der Waals surface area contributed by atoms with Crippen LogP contribution >= 0.6 is 11.6 Å². The maximum Gasteiger partial charge on any atom is 0.257 e. The van der Waals surface area contributed by atoms with Gasteiger partial charge in [0.05, 0.1) is 28.2 Å². The molecule has 98 valence electrons. The highest BCUT2D eigenvalue weighted by Crippen LogP contribution is 2.23. The predicted octanol–water partition coefficient (Wildman–Crippen LogP) is 3.17. The number of nitrogens with one attached hydrogen (secondary N) is 2. The Hall–Kier alpha value is -2.14. The summed E-state index contributed by atoms with van der Waals surface area (Å²) in [4.78, 5) is 16.0. The molecule has 1 aromatic heterocycles. The van der Waals surface area contributed by atoms with Crippen molar-refractivity contribution in [2.45, 2.75) is 0 Å². The van der Waals surface area contributed by atoms with Crippen LogP contribution in [0.3, 0.4) is 0 Å². The minimum absolute atomic E-state index is 0.0383. The second-order valence-corrected chi connectivity index (χ2v) is 4.13. The number of aromatic nitrogens is 1. The van der Waals surface area contributed by atoms with Crippen molar-refractivity contribution in [3.05, 3.63) is 53.1 Å². The minimum Gasteiger partial charge on any atom is -0.386 e. The molecule has 6 heteroatoms. The normalized spacial score (nSPS) is 10.1. The number of benzene rings is 1. The van der Waals surface area contributed by atoms with E-state index in [-0.39, 0.29) is 10.7 Å². The van der Waals surface area contributed by atoms with Crippen molar-refractivity contribution in [2.75, 3.05) is 17.7 Å². The third-order valence-electron chi connectivity index (χ3n) is 2.53. The van der Waals surface area contributed by atoms with Crippen molar-refractivity contribution >= 4 is 28.9 Å². The highest BCUT2D eigenvalue weighted by atomic mass is 35.5. The van der Waals surface area contributed by atoms with Gasteiger partial charge in [0.2, 0.25) is 0 Å². The molecule has 0 aliphatic rings. The Labute approximate surface area is 114 Å². The Balaban J connectivity index is 2.28. The van der Waals surface area contributed by atoms with Crippen LogP contribution in [0.1, 0.15) is 10.4 Å². The van der Waals surface area contributed by atoms with Crippen molar-refractivity contribution in [1.82, 2.24) is 4.98 Å². The molecule has 1 amide bonds. The average Bonchev–Trinajstić information content (AvgIpc) is 2.43. The van der Waals surface area contributed by atoms with Crippen LogP contribution in [0.25, 0.3) is 0 Å². The summed E-state index contributed by atoms with van der Waals surface area (Å²) in [5.74, 6) is -1.09. The first-order valence-electron chi connectivity index (χ1n) is 5.50. The molecular formula is C13H11ClFN3O. The molecule has 1 aromatic carbocycles. The molecule has 0 unspecified atom stereocenters. The van der Waals surface area contributed by atoms with Crippen molar-refractivity contribution in [1.29, 1.82) is 0 Å². The number of carbonyl (C=O) groups excluding carboxylic acids is 1.